The van der Waals surface area contributed by atoms with E-state index in [1.165, 1.54) is 0 Å². The van der Waals surface area contributed by atoms with Crippen LogP contribution in [0.15, 0.2) is 54.6 Å². The molecule has 0 amide bonds. The maximum absolute atomic E-state index is 13.1. The standard InChI is InChI=1S/C19H20N2O2S2/c1-19(2)17(20(22)13-14-9-7-8-12-16(14)23-3)21(18(24)25-19)15-10-5-4-6-11-15/h4-13,17H,1-3H3. The number of thiocarbonyl (C=S) groups is 1. The quantitative estimate of drug-likeness (QED) is 0.263. The van der Waals surface area contributed by atoms with Gasteiger partial charge in [0.2, 0.25) is 0 Å². The first-order valence-electron chi connectivity index (χ1n) is 7.94. The summed E-state index contributed by atoms with van der Waals surface area (Å²) in [5.41, 5.74) is 1.66. The van der Waals surface area contributed by atoms with E-state index in [4.69, 9.17) is 17.0 Å². The Kier molecular flexibility index (Phi) is 5.01. The van der Waals surface area contributed by atoms with E-state index in [9.17, 15) is 5.21 Å². The van der Waals surface area contributed by atoms with E-state index in [0.717, 1.165) is 16.0 Å². The molecule has 0 saturated carbocycles. The second-order valence-corrected chi connectivity index (χ2v) is 8.57. The predicted molar refractivity (Wildman–Crippen MR) is 109 cm³/mol. The molecule has 0 aromatic heterocycles. The summed E-state index contributed by atoms with van der Waals surface area (Å²) in [6, 6.07) is 17.3. The summed E-state index contributed by atoms with van der Waals surface area (Å²) in [5, 5.41) is 13.1. The third-order valence-corrected chi connectivity index (χ3v) is 5.65. The molecule has 0 radical (unpaired) electrons. The van der Waals surface area contributed by atoms with Crippen molar-refractivity contribution in [2.75, 3.05) is 12.0 Å². The van der Waals surface area contributed by atoms with Crippen LogP contribution >= 0.6 is 24.0 Å². The van der Waals surface area contributed by atoms with Gasteiger partial charge in [-0.25, -0.2) is 0 Å². The number of anilines is 1. The van der Waals surface area contributed by atoms with Crippen LogP contribution in [0.25, 0.3) is 0 Å². The summed E-state index contributed by atoms with van der Waals surface area (Å²) >= 11 is 7.11. The average molecular weight is 373 g/mol. The maximum Gasteiger partial charge on any atom is 0.258 e. The van der Waals surface area contributed by atoms with E-state index in [1.54, 1.807) is 25.1 Å². The second-order valence-electron chi connectivity index (χ2n) is 6.28. The van der Waals surface area contributed by atoms with Gasteiger partial charge in [-0.1, -0.05) is 54.3 Å². The minimum absolute atomic E-state index is 0.354. The SMILES string of the molecule is COc1ccccc1C=[N+]([O-])C1N(c2ccccc2)C(=S)SC1(C)C. The number of rotatable bonds is 4. The molecule has 1 aliphatic heterocycles. The van der Waals surface area contributed by atoms with Gasteiger partial charge in [0.15, 0.2) is 6.21 Å². The van der Waals surface area contributed by atoms with Gasteiger partial charge in [0.1, 0.15) is 14.8 Å². The van der Waals surface area contributed by atoms with Gasteiger partial charge in [-0.3, -0.25) is 4.90 Å². The van der Waals surface area contributed by atoms with Crippen LogP contribution in [0.3, 0.4) is 0 Å². The van der Waals surface area contributed by atoms with Gasteiger partial charge in [-0.15, -0.1) is 0 Å². The summed E-state index contributed by atoms with van der Waals surface area (Å²) in [6.07, 6.45) is 1.13. The molecule has 2 aromatic rings. The van der Waals surface area contributed by atoms with Crippen LogP contribution in [0, 0.1) is 5.21 Å². The Hall–Kier alpha value is -2.05. The van der Waals surface area contributed by atoms with Gasteiger partial charge >= 0.3 is 0 Å². The molecule has 130 valence electrons. The predicted octanol–water partition coefficient (Wildman–Crippen LogP) is 4.27. The lowest BCUT2D eigenvalue weighted by Crippen LogP contribution is -2.48. The van der Waals surface area contributed by atoms with Gasteiger partial charge < -0.3 is 9.94 Å². The fraction of sp³-hybridized carbons (Fsp3) is 0.263. The summed E-state index contributed by atoms with van der Waals surface area (Å²) < 4.78 is 6.69. The molecule has 2 aromatic carbocycles. The minimum atomic E-state index is -0.447. The number of ether oxygens (including phenoxy) is 1. The fourth-order valence-corrected chi connectivity index (χ4v) is 4.89. The van der Waals surface area contributed by atoms with Crippen molar-refractivity contribution in [2.24, 2.45) is 0 Å². The number of hydroxylamine groups is 1. The second kappa shape index (κ2) is 7.06. The summed E-state index contributed by atoms with van der Waals surface area (Å²) in [6.45, 7) is 4.08. The Balaban J connectivity index is 2.05. The Morgan fingerprint density at radius 3 is 2.48 bits per heavy atom. The number of benzene rings is 2. The number of hydrogen-bond donors (Lipinski definition) is 0. The topological polar surface area (TPSA) is 38.5 Å². The van der Waals surface area contributed by atoms with Crippen molar-refractivity contribution in [2.45, 2.75) is 24.8 Å². The van der Waals surface area contributed by atoms with Crippen LogP contribution in [0.5, 0.6) is 5.75 Å². The molecule has 6 heteroatoms. The fourth-order valence-electron chi connectivity index (χ4n) is 2.97. The van der Waals surface area contributed by atoms with Crippen molar-refractivity contribution in [3.63, 3.8) is 0 Å². The van der Waals surface area contributed by atoms with Gasteiger partial charge in [-0.05, 0) is 38.1 Å². The zero-order valence-electron chi connectivity index (χ0n) is 14.4. The summed E-state index contributed by atoms with van der Waals surface area (Å²) in [7, 11) is 1.60. The van der Waals surface area contributed by atoms with Crippen molar-refractivity contribution in [3.8, 4) is 5.75 Å². The molecule has 4 nitrogen and oxygen atoms in total. The van der Waals surface area contributed by atoms with E-state index < -0.39 is 6.17 Å². The van der Waals surface area contributed by atoms with Crippen molar-refractivity contribution in [3.05, 3.63) is 65.4 Å². The van der Waals surface area contributed by atoms with Crippen molar-refractivity contribution in [1.82, 2.24) is 0 Å². The van der Waals surface area contributed by atoms with E-state index in [0.29, 0.717) is 10.1 Å². The van der Waals surface area contributed by atoms with E-state index in [2.05, 4.69) is 0 Å². The molecular formula is C19H20N2O2S2. The van der Waals surface area contributed by atoms with Crippen LogP contribution in [0.4, 0.5) is 5.69 Å². The third kappa shape index (κ3) is 3.50. The number of hydrogen-bond acceptors (Lipinski definition) is 4. The molecule has 1 fully saturated rings. The first-order valence-corrected chi connectivity index (χ1v) is 9.17. The third-order valence-electron chi connectivity index (χ3n) is 4.09. The van der Waals surface area contributed by atoms with Crippen molar-refractivity contribution >= 4 is 40.2 Å². The lowest BCUT2D eigenvalue weighted by atomic mass is 10.1. The van der Waals surface area contributed by atoms with Crippen molar-refractivity contribution < 1.29 is 9.48 Å². The Morgan fingerprint density at radius 1 is 1.16 bits per heavy atom. The molecule has 25 heavy (non-hydrogen) atoms. The largest absolute Gasteiger partial charge is 0.622 e. The van der Waals surface area contributed by atoms with E-state index in [1.807, 2.05) is 73.3 Å². The van der Waals surface area contributed by atoms with Crippen LogP contribution < -0.4 is 9.64 Å². The van der Waals surface area contributed by atoms with E-state index in [-0.39, 0.29) is 4.75 Å². The Labute approximate surface area is 157 Å². The van der Waals surface area contributed by atoms with Gasteiger partial charge in [0.25, 0.3) is 6.17 Å². The van der Waals surface area contributed by atoms with E-state index >= 15 is 0 Å². The highest BCUT2D eigenvalue weighted by Crippen LogP contribution is 2.43. The lowest BCUT2D eigenvalue weighted by molar-refractivity contribution is -0.497. The van der Waals surface area contributed by atoms with Crippen LogP contribution in [-0.4, -0.2) is 33.3 Å². The summed E-state index contributed by atoms with van der Waals surface area (Å²) in [5.74, 6) is 0.667. The number of nitrogens with zero attached hydrogens (tertiary/aromatic N) is 2. The molecule has 0 aliphatic carbocycles. The van der Waals surface area contributed by atoms with Gasteiger partial charge in [0.05, 0.1) is 12.7 Å². The first-order chi connectivity index (χ1) is 11.9. The molecule has 1 saturated heterocycles. The highest BCUT2D eigenvalue weighted by Gasteiger charge is 2.51. The number of methoxy groups -OCH3 is 1. The zero-order chi connectivity index (χ0) is 18.0. The van der Waals surface area contributed by atoms with Crippen molar-refractivity contribution in [1.29, 1.82) is 0 Å². The molecule has 0 N–H and O–H groups in total. The number of thioether (sulfide) groups is 1. The molecule has 1 unspecified atom stereocenters. The van der Waals surface area contributed by atoms with Crippen LogP contribution in [-0.2, 0) is 0 Å². The molecule has 0 bridgehead atoms. The zero-order valence-corrected chi connectivity index (χ0v) is 16.0. The highest BCUT2D eigenvalue weighted by atomic mass is 32.2. The highest BCUT2D eigenvalue weighted by molar-refractivity contribution is 8.24. The maximum atomic E-state index is 13.1. The average Bonchev–Trinajstić information content (AvgIpc) is 2.84. The normalized spacial score (nSPS) is 20.0. The molecule has 1 atom stereocenters. The molecule has 1 aliphatic rings. The van der Waals surface area contributed by atoms with Crippen LogP contribution in [0.2, 0.25) is 0 Å². The monoisotopic (exact) mass is 372 g/mol. The summed E-state index contributed by atoms with van der Waals surface area (Å²) in [4.78, 5) is 1.93. The minimum Gasteiger partial charge on any atom is -0.622 e. The molecule has 1 heterocycles. The smallest absolute Gasteiger partial charge is 0.258 e. The van der Waals surface area contributed by atoms with Crippen LogP contribution in [0.1, 0.15) is 19.4 Å². The molecule has 3 rings (SSSR count). The van der Waals surface area contributed by atoms with Gasteiger partial charge in [-0.2, -0.15) is 4.74 Å². The van der Waals surface area contributed by atoms with Gasteiger partial charge in [0, 0.05) is 5.69 Å². The Bertz CT molecular complexity index is 806. The first kappa shape index (κ1) is 17.8. The lowest BCUT2D eigenvalue weighted by Gasteiger charge is -2.29. The Morgan fingerprint density at radius 2 is 1.80 bits per heavy atom. The number of para-hydroxylation sites is 2. The molecular weight excluding hydrogens is 352 g/mol. The molecule has 0 spiro atoms.